The second-order valence-electron chi connectivity index (χ2n) is 4.73. The summed E-state index contributed by atoms with van der Waals surface area (Å²) in [5.41, 5.74) is 1.88. The first-order chi connectivity index (χ1) is 8.75. The van der Waals surface area contributed by atoms with E-state index in [1.165, 1.54) is 0 Å². The molecule has 1 heterocycles. The van der Waals surface area contributed by atoms with Gasteiger partial charge in [0.1, 0.15) is 13.2 Å². The third-order valence-corrected chi connectivity index (χ3v) is 4.35. The van der Waals surface area contributed by atoms with Crippen LogP contribution in [0.1, 0.15) is 35.2 Å². The van der Waals surface area contributed by atoms with Crippen molar-refractivity contribution in [3.05, 3.63) is 23.3 Å². The van der Waals surface area contributed by atoms with Crippen LogP contribution in [-0.4, -0.2) is 23.8 Å². The van der Waals surface area contributed by atoms with Gasteiger partial charge in [0.05, 0.1) is 4.83 Å². The fraction of sp³-hybridized carbons (Fsp3) is 0.500. The van der Waals surface area contributed by atoms with Gasteiger partial charge in [0.2, 0.25) is 0 Å². The fourth-order valence-corrected chi connectivity index (χ4v) is 3.08. The second-order valence-corrected chi connectivity index (χ2v) is 5.84. The number of ether oxygens (including phenoxy) is 2. The molecule has 96 valence electrons. The summed E-state index contributed by atoms with van der Waals surface area (Å²) in [7, 11) is 0. The van der Waals surface area contributed by atoms with Crippen molar-refractivity contribution in [3.8, 4) is 11.5 Å². The van der Waals surface area contributed by atoms with Crippen LogP contribution in [0.25, 0.3) is 0 Å². The Morgan fingerprint density at radius 1 is 1.11 bits per heavy atom. The van der Waals surface area contributed by atoms with Gasteiger partial charge in [-0.1, -0.05) is 22.4 Å². The summed E-state index contributed by atoms with van der Waals surface area (Å²) in [5, 5.41) is 0. The Kier molecular flexibility index (Phi) is 3.29. The Labute approximate surface area is 115 Å². The van der Waals surface area contributed by atoms with Crippen LogP contribution in [0.4, 0.5) is 0 Å². The molecule has 0 N–H and O–H groups in total. The van der Waals surface area contributed by atoms with E-state index < -0.39 is 0 Å². The van der Waals surface area contributed by atoms with Crippen LogP contribution in [-0.2, 0) is 6.42 Å². The number of hydrogen-bond donors (Lipinski definition) is 0. The highest BCUT2D eigenvalue weighted by atomic mass is 79.9. The van der Waals surface area contributed by atoms with E-state index in [-0.39, 0.29) is 10.6 Å². The Balaban J connectivity index is 2.06. The maximum absolute atomic E-state index is 12.3. The molecule has 1 atom stereocenters. The Morgan fingerprint density at radius 2 is 1.83 bits per heavy atom. The van der Waals surface area contributed by atoms with Crippen molar-refractivity contribution in [1.29, 1.82) is 0 Å². The number of Topliss-reactive ketones (excluding diaryl/α,β-unsaturated/α-hetero) is 1. The van der Waals surface area contributed by atoms with E-state index in [0.29, 0.717) is 19.0 Å². The number of rotatable bonds is 0. The van der Waals surface area contributed by atoms with Crippen LogP contribution in [0.2, 0.25) is 0 Å². The highest BCUT2D eigenvalue weighted by Gasteiger charge is 2.25. The SMILES string of the molecule is O=C1c2cc3c(cc2CCCC[C@@H]1Br)OCCO3. The molecule has 0 spiro atoms. The first-order valence-electron chi connectivity index (χ1n) is 6.36. The average Bonchev–Trinajstić information content (AvgIpc) is 2.40. The number of benzene rings is 1. The molecule has 1 aliphatic carbocycles. The topological polar surface area (TPSA) is 35.5 Å². The third-order valence-electron chi connectivity index (χ3n) is 3.47. The summed E-state index contributed by atoms with van der Waals surface area (Å²) in [6.07, 6.45) is 4.04. The van der Waals surface area contributed by atoms with Gasteiger partial charge in [-0.15, -0.1) is 0 Å². The van der Waals surface area contributed by atoms with E-state index in [1.807, 2.05) is 12.1 Å². The predicted molar refractivity (Wildman–Crippen MR) is 72.0 cm³/mol. The minimum absolute atomic E-state index is 0.0703. The molecule has 0 aromatic heterocycles. The lowest BCUT2D eigenvalue weighted by Crippen LogP contribution is -2.21. The van der Waals surface area contributed by atoms with Gasteiger partial charge in [-0.2, -0.15) is 0 Å². The Hall–Kier alpha value is -1.03. The molecule has 3 nitrogen and oxygen atoms in total. The summed E-state index contributed by atoms with van der Waals surface area (Å²) in [5.74, 6) is 1.65. The first-order valence-corrected chi connectivity index (χ1v) is 7.28. The van der Waals surface area contributed by atoms with E-state index in [1.54, 1.807) is 0 Å². The lowest BCUT2D eigenvalue weighted by Gasteiger charge is -2.23. The molecule has 0 amide bonds. The van der Waals surface area contributed by atoms with Gasteiger partial charge >= 0.3 is 0 Å². The van der Waals surface area contributed by atoms with Crippen molar-refractivity contribution in [2.24, 2.45) is 0 Å². The monoisotopic (exact) mass is 310 g/mol. The quantitative estimate of drug-likeness (QED) is 0.691. The summed E-state index contributed by atoms with van der Waals surface area (Å²) >= 11 is 3.48. The summed E-state index contributed by atoms with van der Waals surface area (Å²) in [6.45, 7) is 1.14. The number of fused-ring (bicyclic) bond motifs is 2. The molecular weight excluding hydrogens is 296 g/mol. The zero-order valence-electron chi connectivity index (χ0n) is 10.1. The van der Waals surface area contributed by atoms with Crippen molar-refractivity contribution in [2.75, 3.05) is 13.2 Å². The molecule has 0 saturated heterocycles. The van der Waals surface area contributed by atoms with Gasteiger partial charge in [0, 0.05) is 5.56 Å². The van der Waals surface area contributed by atoms with Crippen LogP contribution in [0.15, 0.2) is 12.1 Å². The van der Waals surface area contributed by atoms with E-state index in [2.05, 4.69) is 15.9 Å². The molecule has 1 aliphatic heterocycles. The van der Waals surface area contributed by atoms with Gasteiger partial charge in [-0.3, -0.25) is 4.79 Å². The molecule has 2 aliphatic rings. The maximum Gasteiger partial charge on any atom is 0.176 e. The number of ketones is 1. The van der Waals surface area contributed by atoms with Crippen molar-refractivity contribution < 1.29 is 14.3 Å². The zero-order chi connectivity index (χ0) is 12.5. The fourth-order valence-electron chi connectivity index (χ4n) is 2.51. The highest BCUT2D eigenvalue weighted by Crippen LogP contribution is 2.36. The minimum Gasteiger partial charge on any atom is -0.486 e. The number of carbonyl (C=O) groups is 1. The van der Waals surface area contributed by atoms with Crippen LogP contribution in [0.3, 0.4) is 0 Å². The molecule has 0 unspecified atom stereocenters. The van der Waals surface area contributed by atoms with E-state index in [9.17, 15) is 4.79 Å². The molecule has 4 heteroatoms. The van der Waals surface area contributed by atoms with Gasteiger partial charge in [0.15, 0.2) is 17.3 Å². The third kappa shape index (κ3) is 2.14. The van der Waals surface area contributed by atoms with E-state index >= 15 is 0 Å². The molecule has 18 heavy (non-hydrogen) atoms. The molecule has 0 saturated carbocycles. The maximum atomic E-state index is 12.3. The van der Waals surface area contributed by atoms with Gasteiger partial charge in [0.25, 0.3) is 0 Å². The Bertz CT molecular complexity index is 484. The number of alkyl halides is 1. The van der Waals surface area contributed by atoms with Gasteiger partial charge < -0.3 is 9.47 Å². The zero-order valence-corrected chi connectivity index (χ0v) is 11.7. The van der Waals surface area contributed by atoms with E-state index in [0.717, 1.165) is 42.6 Å². The molecule has 0 radical (unpaired) electrons. The number of carbonyl (C=O) groups excluding carboxylic acids is 1. The van der Waals surface area contributed by atoms with Crippen LogP contribution < -0.4 is 9.47 Å². The minimum atomic E-state index is -0.0703. The molecule has 1 aromatic rings. The van der Waals surface area contributed by atoms with Crippen LogP contribution >= 0.6 is 15.9 Å². The number of aryl methyl sites for hydroxylation is 1. The molecular formula is C14H15BrO3. The summed E-state index contributed by atoms with van der Waals surface area (Å²) < 4.78 is 11.1. The Morgan fingerprint density at radius 3 is 2.61 bits per heavy atom. The summed E-state index contributed by atoms with van der Waals surface area (Å²) in [6, 6.07) is 3.83. The lowest BCUT2D eigenvalue weighted by atomic mass is 9.92. The standard InChI is InChI=1S/C14H15BrO3/c15-11-4-2-1-3-9-7-12-13(18-6-5-17-12)8-10(9)14(11)16/h7-8,11H,1-6H2/t11-/m0/s1. The average molecular weight is 311 g/mol. The predicted octanol–water partition coefficient (Wildman–Crippen LogP) is 3.13. The second kappa shape index (κ2) is 4.92. The normalized spacial score (nSPS) is 22.9. The van der Waals surface area contributed by atoms with Crippen LogP contribution in [0, 0.1) is 0 Å². The lowest BCUT2D eigenvalue weighted by molar-refractivity contribution is 0.0983. The largest absolute Gasteiger partial charge is 0.486 e. The van der Waals surface area contributed by atoms with Crippen molar-refractivity contribution in [1.82, 2.24) is 0 Å². The molecule has 0 fully saturated rings. The number of hydrogen-bond acceptors (Lipinski definition) is 3. The summed E-state index contributed by atoms with van der Waals surface area (Å²) in [4.78, 5) is 12.3. The van der Waals surface area contributed by atoms with Gasteiger partial charge in [-0.05, 0) is 37.0 Å². The smallest absolute Gasteiger partial charge is 0.176 e. The highest BCUT2D eigenvalue weighted by molar-refractivity contribution is 9.10. The van der Waals surface area contributed by atoms with Crippen molar-refractivity contribution in [3.63, 3.8) is 0 Å². The van der Waals surface area contributed by atoms with Crippen molar-refractivity contribution in [2.45, 2.75) is 30.5 Å². The first kappa shape index (κ1) is 12.0. The van der Waals surface area contributed by atoms with Gasteiger partial charge in [-0.25, -0.2) is 0 Å². The van der Waals surface area contributed by atoms with Crippen LogP contribution in [0.5, 0.6) is 11.5 Å². The van der Waals surface area contributed by atoms with E-state index in [4.69, 9.17) is 9.47 Å². The molecule has 3 rings (SSSR count). The molecule has 0 bridgehead atoms. The molecule has 1 aromatic carbocycles. The number of halogens is 1. The van der Waals surface area contributed by atoms with Crippen molar-refractivity contribution >= 4 is 21.7 Å².